The van der Waals surface area contributed by atoms with Crippen molar-refractivity contribution < 1.29 is 9.53 Å². The molecule has 6 nitrogen and oxygen atoms in total. The number of carbonyl (C=O) groups is 1. The molecule has 0 spiro atoms. The summed E-state index contributed by atoms with van der Waals surface area (Å²) in [5.74, 6) is -0.140. The van der Waals surface area contributed by atoms with Crippen molar-refractivity contribution in [3.63, 3.8) is 0 Å². The monoisotopic (exact) mass is 451 g/mol. The van der Waals surface area contributed by atoms with E-state index in [-0.39, 0.29) is 17.0 Å². The van der Waals surface area contributed by atoms with E-state index in [4.69, 9.17) is 17.0 Å². The van der Waals surface area contributed by atoms with Gasteiger partial charge in [-0.2, -0.15) is 0 Å². The standard InChI is InChI=1S/C25H29N3O3S/c1-17-7-5-8-19(15-17)25(11-3-4-12-25)27-22(29)18-9-10-20-21(16-18)26-24(32)28(23(20)30)13-6-14-31-2/h5,7-10,15-16H,3-4,6,11-14H2,1-2H3,(H,26,32)(H,27,29). The number of carbonyl (C=O) groups excluding carboxylic acids is 1. The molecule has 0 unspecified atom stereocenters. The number of aromatic nitrogens is 2. The molecule has 1 aromatic heterocycles. The summed E-state index contributed by atoms with van der Waals surface area (Å²) in [5, 5.41) is 3.83. The number of aromatic amines is 1. The highest BCUT2D eigenvalue weighted by molar-refractivity contribution is 7.71. The minimum absolute atomic E-state index is 0.140. The van der Waals surface area contributed by atoms with Crippen molar-refractivity contribution in [3.05, 3.63) is 74.3 Å². The zero-order valence-corrected chi connectivity index (χ0v) is 19.4. The molecule has 0 bridgehead atoms. The van der Waals surface area contributed by atoms with Crippen molar-refractivity contribution in [2.24, 2.45) is 0 Å². The summed E-state index contributed by atoms with van der Waals surface area (Å²) >= 11 is 5.40. The van der Waals surface area contributed by atoms with Crippen LogP contribution in [0.2, 0.25) is 0 Å². The maximum absolute atomic E-state index is 13.3. The van der Waals surface area contributed by atoms with Gasteiger partial charge in [0.25, 0.3) is 11.5 Å². The van der Waals surface area contributed by atoms with E-state index in [0.717, 1.165) is 31.2 Å². The molecule has 4 rings (SSSR count). The Labute approximate surface area is 192 Å². The maximum Gasteiger partial charge on any atom is 0.262 e. The van der Waals surface area contributed by atoms with Crippen LogP contribution in [-0.2, 0) is 16.8 Å². The fourth-order valence-electron chi connectivity index (χ4n) is 4.66. The second-order valence-electron chi connectivity index (χ2n) is 8.61. The highest BCUT2D eigenvalue weighted by atomic mass is 32.1. The van der Waals surface area contributed by atoms with Crippen molar-refractivity contribution in [1.82, 2.24) is 14.9 Å². The van der Waals surface area contributed by atoms with E-state index in [1.807, 2.05) is 6.07 Å². The van der Waals surface area contributed by atoms with Gasteiger partial charge in [0.15, 0.2) is 4.77 Å². The first kappa shape index (κ1) is 22.4. The van der Waals surface area contributed by atoms with Crippen molar-refractivity contribution in [3.8, 4) is 0 Å². The summed E-state index contributed by atoms with van der Waals surface area (Å²) in [6.45, 7) is 3.11. The van der Waals surface area contributed by atoms with Gasteiger partial charge in [-0.3, -0.25) is 14.2 Å². The smallest absolute Gasteiger partial charge is 0.262 e. The SMILES string of the molecule is COCCCn1c(=S)[nH]c2cc(C(=O)NC3(c4cccc(C)c4)CCCC3)ccc2c1=O. The van der Waals surface area contributed by atoms with Crippen LogP contribution in [0.5, 0.6) is 0 Å². The highest BCUT2D eigenvalue weighted by Gasteiger charge is 2.37. The fraction of sp³-hybridized carbons (Fsp3) is 0.400. The second-order valence-corrected chi connectivity index (χ2v) is 8.99. The Morgan fingerprint density at radius 2 is 2.00 bits per heavy atom. The van der Waals surface area contributed by atoms with Gasteiger partial charge in [0.05, 0.1) is 16.4 Å². The second kappa shape index (κ2) is 9.38. The molecule has 32 heavy (non-hydrogen) atoms. The van der Waals surface area contributed by atoms with Crippen LogP contribution in [0.3, 0.4) is 0 Å². The molecule has 0 atom stereocenters. The number of nitrogens with one attached hydrogen (secondary N) is 2. The lowest BCUT2D eigenvalue weighted by Crippen LogP contribution is -2.43. The summed E-state index contributed by atoms with van der Waals surface area (Å²) in [5.41, 5.74) is 2.92. The first-order valence-electron chi connectivity index (χ1n) is 11.1. The normalized spacial score (nSPS) is 15.2. The number of nitrogens with zero attached hydrogens (tertiary/aromatic N) is 1. The first-order chi connectivity index (χ1) is 15.4. The van der Waals surface area contributed by atoms with Crippen molar-refractivity contribution in [2.75, 3.05) is 13.7 Å². The summed E-state index contributed by atoms with van der Waals surface area (Å²) in [6, 6.07) is 13.5. The van der Waals surface area contributed by atoms with Crippen LogP contribution in [-0.4, -0.2) is 29.2 Å². The molecule has 7 heteroatoms. The number of H-pyrrole nitrogens is 1. The Kier molecular flexibility index (Phi) is 6.58. The van der Waals surface area contributed by atoms with E-state index in [0.29, 0.717) is 40.8 Å². The maximum atomic E-state index is 13.3. The molecule has 0 saturated heterocycles. The molecule has 1 amide bonds. The molecular weight excluding hydrogens is 422 g/mol. The molecule has 2 aromatic carbocycles. The van der Waals surface area contributed by atoms with Crippen LogP contribution in [0, 0.1) is 11.7 Å². The van der Waals surface area contributed by atoms with Gasteiger partial charge in [0.1, 0.15) is 0 Å². The van der Waals surface area contributed by atoms with Gasteiger partial charge in [0.2, 0.25) is 0 Å². The molecule has 0 aliphatic heterocycles. The fourth-order valence-corrected chi connectivity index (χ4v) is 4.95. The van der Waals surface area contributed by atoms with Crippen LogP contribution >= 0.6 is 12.2 Å². The number of methoxy groups -OCH3 is 1. The summed E-state index contributed by atoms with van der Waals surface area (Å²) in [6.07, 6.45) is 4.71. The zero-order valence-electron chi connectivity index (χ0n) is 18.6. The van der Waals surface area contributed by atoms with Crippen molar-refractivity contribution in [2.45, 2.75) is 51.1 Å². The molecule has 3 aromatic rings. The largest absolute Gasteiger partial charge is 0.385 e. The molecule has 1 aliphatic carbocycles. The predicted molar refractivity (Wildman–Crippen MR) is 129 cm³/mol. The van der Waals surface area contributed by atoms with Crippen molar-refractivity contribution in [1.29, 1.82) is 0 Å². The van der Waals surface area contributed by atoms with Gasteiger partial charge in [-0.15, -0.1) is 0 Å². The third kappa shape index (κ3) is 4.40. The molecule has 0 radical (unpaired) electrons. The molecule has 1 saturated carbocycles. The molecule has 2 N–H and O–H groups in total. The number of ether oxygens (including phenoxy) is 1. The van der Waals surface area contributed by atoms with Gasteiger partial charge < -0.3 is 15.0 Å². The van der Waals surface area contributed by atoms with Crippen LogP contribution in [0.25, 0.3) is 10.9 Å². The van der Waals surface area contributed by atoms with Gasteiger partial charge in [0, 0.05) is 25.8 Å². The average molecular weight is 452 g/mol. The number of hydrogen-bond acceptors (Lipinski definition) is 4. The van der Waals surface area contributed by atoms with E-state index < -0.39 is 0 Å². The average Bonchev–Trinajstić information content (AvgIpc) is 3.25. The minimum Gasteiger partial charge on any atom is -0.385 e. The summed E-state index contributed by atoms with van der Waals surface area (Å²) in [7, 11) is 1.63. The topological polar surface area (TPSA) is 76.1 Å². The van der Waals surface area contributed by atoms with Crippen LogP contribution in [0.15, 0.2) is 47.3 Å². The van der Waals surface area contributed by atoms with E-state index in [1.54, 1.807) is 29.9 Å². The molecular formula is C25H29N3O3S. The van der Waals surface area contributed by atoms with Gasteiger partial charge in [-0.05, 0) is 62.2 Å². The molecule has 1 heterocycles. The zero-order chi connectivity index (χ0) is 22.7. The van der Waals surface area contributed by atoms with Crippen molar-refractivity contribution >= 4 is 29.0 Å². The van der Waals surface area contributed by atoms with E-state index in [9.17, 15) is 9.59 Å². The molecule has 1 fully saturated rings. The van der Waals surface area contributed by atoms with Gasteiger partial charge >= 0.3 is 0 Å². The number of aryl methyl sites for hydroxylation is 1. The van der Waals surface area contributed by atoms with Crippen LogP contribution in [0.4, 0.5) is 0 Å². The van der Waals surface area contributed by atoms with Crippen LogP contribution in [0.1, 0.15) is 53.6 Å². The number of rotatable bonds is 7. The number of amides is 1. The van der Waals surface area contributed by atoms with E-state index in [2.05, 4.69) is 35.4 Å². The Hall–Kier alpha value is -2.77. The van der Waals surface area contributed by atoms with Gasteiger partial charge in [-0.25, -0.2) is 0 Å². The molecule has 168 valence electrons. The minimum atomic E-state index is -0.351. The number of hydrogen-bond donors (Lipinski definition) is 2. The lowest BCUT2D eigenvalue weighted by atomic mass is 9.87. The number of fused-ring (bicyclic) bond motifs is 1. The number of benzene rings is 2. The highest BCUT2D eigenvalue weighted by Crippen LogP contribution is 2.39. The Balaban J connectivity index is 1.64. The van der Waals surface area contributed by atoms with E-state index in [1.165, 1.54) is 5.56 Å². The Morgan fingerprint density at radius 1 is 1.22 bits per heavy atom. The third-order valence-electron chi connectivity index (χ3n) is 6.35. The first-order valence-corrected chi connectivity index (χ1v) is 11.5. The quantitative estimate of drug-likeness (QED) is 0.407. The predicted octanol–water partition coefficient (Wildman–Crippen LogP) is 4.60. The van der Waals surface area contributed by atoms with E-state index >= 15 is 0 Å². The Morgan fingerprint density at radius 3 is 2.72 bits per heavy atom. The lowest BCUT2D eigenvalue weighted by molar-refractivity contribution is 0.0898. The van der Waals surface area contributed by atoms with Crippen LogP contribution < -0.4 is 10.9 Å². The van der Waals surface area contributed by atoms with Gasteiger partial charge in [-0.1, -0.05) is 42.7 Å². The third-order valence-corrected chi connectivity index (χ3v) is 6.68. The lowest BCUT2D eigenvalue weighted by Gasteiger charge is -2.31. The molecule has 1 aliphatic rings. The summed E-state index contributed by atoms with van der Waals surface area (Å²) < 4.78 is 6.96. The summed E-state index contributed by atoms with van der Waals surface area (Å²) in [4.78, 5) is 29.3. The Bertz CT molecular complexity index is 1260.